The molecule has 410 valence electrons. The van der Waals surface area contributed by atoms with Crippen molar-refractivity contribution in [3.8, 4) is 63.9 Å². The molecule has 6 aromatic heterocycles. The molecule has 0 N–H and O–H groups in total. The van der Waals surface area contributed by atoms with Crippen molar-refractivity contribution in [3.63, 3.8) is 0 Å². The van der Waals surface area contributed by atoms with E-state index in [0.717, 1.165) is 142 Å². The predicted octanol–water partition coefficient (Wildman–Crippen LogP) is 14.4. The number of hydrogen-bond donors (Lipinski definition) is 0. The molecule has 0 atom stereocenters. The number of fused-ring (bicyclic) bond motifs is 6. The number of rotatable bonds is 12. The molecule has 14 nitrogen and oxygen atoms in total. The summed E-state index contributed by atoms with van der Waals surface area (Å²) in [7, 11) is 0. The van der Waals surface area contributed by atoms with E-state index in [1.54, 1.807) is 48.5 Å². The minimum Gasteiger partial charge on any atom is -0.871 e. The van der Waals surface area contributed by atoms with Gasteiger partial charge in [0, 0.05) is 33.5 Å². The van der Waals surface area contributed by atoms with Crippen LogP contribution in [0, 0.1) is 79.0 Å². The van der Waals surface area contributed by atoms with Crippen LogP contribution >= 0.6 is 0 Å². The topological polar surface area (TPSA) is 209 Å². The molecule has 6 heterocycles. The summed E-state index contributed by atoms with van der Waals surface area (Å²) < 4.78 is 6.69. The van der Waals surface area contributed by atoms with Crippen molar-refractivity contribution in [1.29, 1.82) is 10.5 Å². The first kappa shape index (κ1) is 61.2. The second kappa shape index (κ2) is 28.8. The zero-order valence-electron chi connectivity index (χ0n) is 47.9. The Balaban J connectivity index is 0.000000168. The molecule has 12 aromatic rings. The monoisotopic (exact) mass is 1210 g/mol. The Hall–Kier alpha value is -8.47. The van der Waals surface area contributed by atoms with Crippen molar-refractivity contribution >= 4 is 65.8 Å². The molecule has 0 bridgehead atoms. The number of benzene rings is 6. The summed E-state index contributed by atoms with van der Waals surface area (Å²) in [5.74, 6) is 2.35. The van der Waals surface area contributed by atoms with E-state index in [1.165, 1.54) is 30.5 Å². The third-order valence-electron chi connectivity index (χ3n) is 13.7. The van der Waals surface area contributed by atoms with E-state index in [-0.39, 0.29) is 52.8 Å². The third kappa shape index (κ3) is 14.0. The Morgan fingerprint density at radius 1 is 0.390 bits per heavy atom. The zero-order valence-corrected chi connectivity index (χ0v) is 51.6. The maximum Gasteiger partial charge on any atom is 3.00 e. The molecule has 0 aliphatic carbocycles. The third-order valence-corrected chi connectivity index (χ3v) is 13.7. The Bertz CT molecular complexity index is 3820. The maximum absolute atomic E-state index is 12.1. The van der Waals surface area contributed by atoms with Gasteiger partial charge in [-0.2, -0.15) is 10.5 Å². The van der Waals surface area contributed by atoms with E-state index in [0.29, 0.717) is 16.6 Å². The minimum atomic E-state index is -0.0496. The summed E-state index contributed by atoms with van der Waals surface area (Å²) in [4.78, 5) is 28.3. The number of para-hydroxylation sites is 3. The molecule has 6 aromatic carbocycles. The molecular weight excluding hydrogens is 1150 g/mol. The van der Waals surface area contributed by atoms with Crippen LogP contribution in [0.15, 0.2) is 146 Å². The summed E-state index contributed by atoms with van der Waals surface area (Å²) in [6.45, 7) is 18.4. The Labute approximate surface area is 507 Å². The summed E-state index contributed by atoms with van der Waals surface area (Å²) in [5.41, 5.74) is 13.7. The van der Waals surface area contributed by atoms with Gasteiger partial charge in [0.1, 0.15) is 17.1 Å². The van der Waals surface area contributed by atoms with Gasteiger partial charge in [0.25, 0.3) is 0 Å². The fraction of sp³-hybridized carbons (Fsp3) is 0.254. The van der Waals surface area contributed by atoms with E-state index < -0.39 is 0 Å². The molecule has 15 heteroatoms. The number of aromatic nitrogens is 9. The molecular formula is C67H66LaN11O3. The van der Waals surface area contributed by atoms with Gasteiger partial charge in [0.05, 0.1) is 61.8 Å². The van der Waals surface area contributed by atoms with Gasteiger partial charge >= 0.3 is 35.6 Å². The van der Waals surface area contributed by atoms with E-state index in [2.05, 4.69) is 125 Å². The SMILES string of the molecule is CC#N.CC#N.CCCCn1c(-c2ccc3cccc([O-])c3n2)nc2ccc(C)cc21.CCCCn1c(-c2ccc3cccc([O-])c3n2)nc2ccc(C)cc21.CCCCn1c(-c2ccc3cccc([O-])c3n2)nc2ccc(C)cc21.[La+3]. The first-order valence-electron chi connectivity index (χ1n) is 27.6. The van der Waals surface area contributed by atoms with Gasteiger partial charge in [0.15, 0.2) is 17.5 Å². The normalized spacial score (nSPS) is 10.7. The number of hydrogen-bond acceptors (Lipinski definition) is 11. The Kier molecular flexibility index (Phi) is 21.5. The number of aryl methyl sites for hydroxylation is 6. The van der Waals surface area contributed by atoms with Crippen LogP contribution in [0.25, 0.3) is 100 Å². The molecule has 0 aliphatic rings. The zero-order chi connectivity index (χ0) is 57.6. The van der Waals surface area contributed by atoms with Crippen LogP contribution in [0.3, 0.4) is 0 Å². The van der Waals surface area contributed by atoms with Crippen LogP contribution < -0.4 is 15.3 Å². The Morgan fingerprint density at radius 2 is 0.659 bits per heavy atom. The van der Waals surface area contributed by atoms with Crippen LogP contribution in [0.1, 0.15) is 89.8 Å². The molecule has 0 saturated carbocycles. The van der Waals surface area contributed by atoms with Crippen LogP contribution in [-0.2, 0) is 19.6 Å². The van der Waals surface area contributed by atoms with Crippen molar-refractivity contribution in [2.75, 3.05) is 0 Å². The van der Waals surface area contributed by atoms with Crippen LogP contribution in [0.5, 0.6) is 17.2 Å². The predicted molar refractivity (Wildman–Crippen MR) is 321 cm³/mol. The van der Waals surface area contributed by atoms with Gasteiger partial charge in [-0.3, -0.25) is 0 Å². The number of unbranched alkanes of at least 4 members (excludes halogenated alkanes) is 3. The van der Waals surface area contributed by atoms with Gasteiger partial charge < -0.3 is 29.0 Å². The molecule has 0 aliphatic heterocycles. The second-order valence-electron chi connectivity index (χ2n) is 19.8. The number of imidazole rings is 3. The molecule has 12 rings (SSSR count). The van der Waals surface area contributed by atoms with E-state index in [9.17, 15) is 15.3 Å². The van der Waals surface area contributed by atoms with Crippen LogP contribution in [-0.4, -0.2) is 43.6 Å². The standard InChI is InChI=1S/3C21H21N3O.2C2H3N.La/c3*1-3-4-12-24-18-13-14(2)8-10-16(18)23-21(24)17-11-9-15-6-5-7-19(25)20(15)22-17;2*1-2-3;/h3*5-11,13,25H,3-4,12H2,1-2H3;2*1H3;/q;;;;;+3/p-3. The van der Waals surface area contributed by atoms with Gasteiger partial charge in [-0.1, -0.05) is 148 Å². The van der Waals surface area contributed by atoms with Gasteiger partial charge in [-0.15, -0.1) is 0 Å². The Morgan fingerprint density at radius 3 is 0.915 bits per heavy atom. The molecule has 0 unspecified atom stereocenters. The average molecular weight is 1210 g/mol. The largest absolute Gasteiger partial charge is 3.00 e. The van der Waals surface area contributed by atoms with Crippen LogP contribution in [0.2, 0.25) is 0 Å². The second-order valence-corrected chi connectivity index (χ2v) is 19.8. The van der Waals surface area contributed by atoms with Crippen molar-refractivity contribution < 1.29 is 50.9 Å². The average Bonchev–Trinajstić information content (AvgIpc) is 3.79. The number of pyridine rings is 3. The first-order chi connectivity index (χ1) is 39.3. The molecule has 0 saturated heterocycles. The van der Waals surface area contributed by atoms with E-state index in [1.807, 2.05) is 54.6 Å². The van der Waals surface area contributed by atoms with Crippen LogP contribution in [0.4, 0.5) is 0 Å². The molecule has 0 fully saturated rings. The summed E-state index contributed by atoms with van der Waals surface area (Å²) >= 11 is 0. The molecule has 0 radical (unpaired) electrons. The molecule has 82 heavy (non-hydrogen) atoms. The summed E-state index contributed by atoms with van der Waals surface area (Å²) in [6.07, 6.45) is 6.56. The molecule has 0 amide bonds. The van der Waals surface area contributed by atoms with Crippen molar-refractivity contribution in [1.82, 2.24) is 43.6 Å². The first-order valence-corrected chi connectivity index (χ1v) is 27.6. The van der Waals surface area contributed by atoms with E-state index >= 15 is 0 Å². The smallest absolute Gasteiger partial charge is 0.871 e. The fourth-order valence-corrected chi connectivity index (χ4v) is 9.65. The summed E-state index contributed by atoms with van der Waals surface area (Å²) in [5, 5.41) is 53.7. The number of nitrogens with zero attached hydrogens (tertiary/aromatic N) is 11. The van der Waals surface area contributed by atoms with Gasteiger partial charge in [0.2, 0.25) is 0 Å². The summed E-state index contributed by atoms with van der Waals surface area (Å²) in [6, 6.07) is 49.8. The number of nitriles is 2. The van der Waals surface area contributed by atoms with E-state index in [4.69, 9.17) is 25.5 Å². The van der Waals surface area contributed by atoms with Gasteiger partial charge in [-0.05, 0) is 127 Å². The van der Waals surface area contributed by atoms with Crippen molar-refractivity contribution in [2.45, 2.75) is 114 Å². The maximum atomic E-state index is 12.1. The fourth-order valence-electron chi connectivity index (χ4n) is 9.65. The van der Waals surface area contributed by atoms with Gasteiger partial charge in [-0.25, -0.2) is 29.9 Å². The quantitative estimate of drug-likeness (QED) is 0.112. The minimum absolute atomic E-state index is 0. The van der Waals surface area contributed by atoms with Crippen molar-refractivity contribution in [2.24, 2.45) is 0 Å². The molecule has 0 spiro atoms. The van der Waals surface area contributed by atoms with Crippen molar-refractivity contribution in [3.05, 3.63) is 162 Å².